The molecular formula is C24H25ClN4O2S2. The van der Waals surface area contributed by atoms with Crippen LogP contribution in [0.4, 0.5) is 11.4 Å². The summed E-state index contributed by atoms with van der Waals surface area (Å²) in [5.41, 5.74) is 3.77. The van der Waals surface area contributed by atoms with Gasteiger partial charge in [0.1, 0.15) is 0 Å². The molecule has 1 fully saturated rings. The molecule has 3 aromatic rings. The van der Waals surface area contributed by atoms with Crippen molar-refractivity contribution in [1.82, 2.24) is 9.88 Å². The van der Waals surface area contributed by atoms with Gasteiger partial charge in [0.2, 0.25) is 11.8 Å². The molecule has 2 heterocycles. The maximum atomic E-state index is 12.7. The molecule has 0 unspecified atom stereocenters. The molecule has 172 valence electrons. The van der Waals surface area contributed by atoms with Crippen LogP contribution in [0.25, 0.3) is 0 Å². The Morgan fingerprint density at radius 3 is 2.61 bits per heavy atom. The van der Waals surface area contributed by atoms with E-state index in [-0.39, 0.29) is 24.0 Å². The van der Waals surface area contributed by atoms with Crippen molar-refractivity contribution >= 4 is 57.9 Å². The van der Waals surface area contributed by atoms with E-state index in [1.807, 2.05) is 65.7 Å². The van der Waals surface area contributed by atoms with Gasteiger partial charge >= 0.3 is 0 Å². The minimum absolute atomic E-state index is 0.0748. The topological polar surface area (TPSA) is 65.5 Å². The van der Waals surface area contributed by atoms with Crippen LogP contribution >= 0.6 is 34.7 Å². The number of hydrogen-bond donors (Lipinski definition) is 1. The Labute approximate surface area is 207 Å². The quantitative estimate of drug-likeness (QED) is 0.475. The van der Waals surface area contributed by atoms with Crippen molar-refractivity contribution in [2.24, 2.45) is 0 Å². The van der Waals surface area contributed by atoms with Gasteiger partial charge in [0.05, 0.1) is 17.9 Å². The number of piperazine rings is 1. The zero-order valence-electron chi connectivity index (χ0n) is 18.3. The Morgan fingerprint density at radius 1 is 1.12 bits per heavy atom. The van der Waals surface area contributed by atoms with E-state index < -0.39 is 0 Å². The van der Waals surface area contributed by atoms with Gasteiger partial charge in [0.25, 0.3) is 0 Å². The lowest BCUT2D eigenvalue weighted by Crippen LogP contribution is -2.49. The van der Waals surface area contributed by atoms with Gasteiger partial charge in [-0.3, -0.25) is 9.59 Å². The van der Waals surface area contributed by atoms with Crippen molar-refractivity contribution in [3.63, 3.8) is 0 Å². The number of aromatic nitrogens is 1. The highest BCUT2D eigenvalue weighted by Gasteiger charge is 2.22. The fourth-order valence-corrected chi connectivity index (χ4v) is 5.38. The van der Waals surface area contributed by atoms with E-state index in [0.29, 0.717) is 13.1 Å². The van der Waals surface area contributed by atoms with Gasteiger partial charge in [-0.1, -0.05) is 47.1 Å². The van der Waals surface area contributed by atoms with Crippen LogP contribution in [0.15, 0.2) is 58.3 Å². The number of nitrogens with zero attached hydrogens (tertiary/aromatic N) is 3. The predicted molar refractivity (Wildman–Crippen MR) is 137 cm³/mol. The SMILES string of the molecule is Cc1ccc(NC(=O)CSc2nc(CC(=O)N3CCN(c4cccc(Cl)c4)CC3)cs2)cc1. The van der Waals surface area contributed by atoms with Crippen LogP contribution in [0.2, 0.25) is 5.02 Å². The number of carbonyl (C=O) groups excluding carboxylic acids is 2. The molecule has 4 rings (SSSR count). The number of rotatable bonds is 7. The van der Waals surface area contributed by atoms with Crippen LogP contribution in [-0.2, 0) is 16.0 Å². The van der Waals surface area contributed by atoms with E-state index in [4.69, 9.17) is 11.6 Å². The molecule has 0 aliphatic carbocycles. The van der Waals surface area contributed by atoms with E-state index >= 15 is 0 Å². The Bertz CT molecular complexity index is 1110. The number of anilines is 2. The summed E-state index contributed by atoms with van der Waals surface area (Å²) >= 11 is 8.95. The van der Waals surface area contributed by atoms with Gasteiger partial charge in [0, 0.05) is 48.0 Å². The Morgan fingerprint density at radius 2 is 1.88 bits per heavy atom. The molecule has 9 heteroatoms. The molecule has 1 aliphatic rings. The van der Waals surface area contributed by atoms with Crippen LogP contribution in [-0.4, -0.2) is 53.6 Å². The first-order valence-corrected chi connectivity index (χ1v) is 12.9. The molecule has 6 nitrogen and oxygen atoms in total. The number of thiazole rings is 1. The molecule has 0 radical (unpaired) electrons. The summed E-state index contributed by atoms with van der Waals surface area (Å²) in [7, 11) is 0. The molecule has 33 heavy (non-hydrogen) atoms. The molecule has 0 spiro atoms. The number of nitrogens with one attached hydrogen (secondary N) is 1. The van der Waals surface area contributed by atoms with E-state index in [2.05, 4.69) is 15.2 Å². The Kier molecular flexibility index (Phi) is 7.90. The first-order chi connectivity index (χ1) is 16.0. The van der Waals surface area contributed by atoms with Crippen LogP contribution in [0.3, 0.4) is 0 Å². The summed E-state index contributed by atoms with van der Waals surface area (Å²) in [6, 6.07) is 15.5. The molecule has 1 N–H and O–H groups in total. The fourth-order valence-electron chi connectivity index (χ4n) is 3.55. The monoisotopic (exact) mass is 500 g/mol. The normalized spacial score (nSPS) is 13.8. The second kappa shape index (κ2) is 11.0. The third-order valence-corrected chi connectivity index (χ3v) is 7.64. The van der Waals surface area contributed by atoms with Gasteiger partial charge in [-0.25, -0.2) is 4.98 Å². The number of amides is 2. The average Bonchev–Trinajstić information content (AvgIpc) is 3.26. The number of thioether (sulfide) groups is 1. The predicted octanol–water partition coefficient (Wildman–Crippen LogP) is 4.73. The van der Waals surface area contributed by atoms with Crippen LogP contribution in [0.5, 0.6) is 0 Å². The summed E-state index contributed by atoms with van der Waals surface area (Å²) in [5, 5.41) is 5.51. The third-order valence-electron chi connectivity index (χ3n) is 5.33. The smallest absolute Gasteiger partial charge is 0.234 e. The van der Waals surface area contributed by atoms with E-state index in [1.165, 1.54) is 23.1 Å². The summed E-state index contributed by atoms with van der Waals surface area (Å²) in [6.07, 6.45) is 0.282. The summed E-state index contributed by atoms with van der Waals surface area (Å²) < 4.78 is 0.794. The van der Waals surface area contributed by atoms with E-state index in [0.717, 1.165) is 45.1 Å². The highest BCUT2D eigenvalue weighted by atomic mass is 35.5. The molecule has 2 amide bonds. The highest BCUT2D eigenvalue weighted by molar-refractivity contribution is 8.01. The zero-order valence-corrected chi connectivity index (χ0v) is 20.7. The summed E-state index contributed by atoms with van der Waals surface area (Å²) in [6.45, 7) is 4.92. The first kappa shape index (κ1) is 23.6. The van der Waals surface area contributed by atoms with Gasteiger partial charge in [0.15, 0.2) is 4.34 Å². The van der Waals surface area contributed by atoms with Crippen molar-refractivity contribution in [2.45, 2.75) is 17.7 Å². The second-order valence-electron chi connectivity index (χ2n) is 7.83. The standard InChI is InChI=1S/C24H25ClN4O2S2/c1-17-5-7-19(8-6-17)26-22(30)16-33-24-27-20(15-32-24)14-23(31)29-11-9-28(10-12-29)21-4-2-3-18(25)13-21/h2-8,13,15H,9-12,14,16H2,1H3,(H,26,30). The fraction of sp³-hybridized carbons (Fsp3) is 0.292. The maximum absolute atomic E-state index is 12.7. The number of aryl methyl sites for hydroxylation is 1. The highest BCUT2D eigenvalue weighted by Crippen LogP contribution is 2.24. The van der Waals surface area contributed by atoms with Crippen molar-refractivity contribution in [3.05, 3.63) is 70.2 Å². The zero-order chi connectivity index (χ0) is 23.2. The molecule has 1 aliphatic heterocycles. The van der Waals surface area contributed by atoms with Crippen LogP contribution in [0.1, 0.15) is 11.3 Å². The van der Waals surface area contributed by atoms with Crippen LogP contribution in [0, 0.1) is 6.92 Å². The number of halogens is 1. The Hall–Kier alpha value is -2.55. The van der Waals surface area contributed by atoms with Crippen molar-refractivity contribution in [1.29, 1.82) is 0 Å². The lowest BCUT2D eigenvalue weighted by molar-refractivity contribution is -0.130. The first-order valence-electron chi connectivity index (χ1n) is 10.7. The molecule has 1 saturated heterocycles. The van der Waals surface area contributed by atoms with Crippen molar-refractivity contribution in [3.8, 4) is 0 Å². The Balaban J connectivity index is 1.22. The molecule has 1 aromatic heterocycles. The number of carbonyl (C=O) groups is 2. The van der Waals surface area contributed by atoms with Gasteiger partial charge < -0.3 is 15.1 Å². The van der Waals surface area contributed by atoms with Gasteiger partial charge in [-0.15, -0.1) is 11.3 Å². The molecular weight excluding hydrogens is 476 g/mol. The van der Waals surface area contributed by atoms with Crippen molar-refractivity contribution in [2.75, 3.05) is 42.1 Å². The number of hydrogen-bond acceptors (Lipinski definition) is 6. The van der Waals surface area contributed by atoms with Gasteiger partial charge in [-0.05, 0) is 37.3 Å². The maximum Gasteiger partial charge on any atom is 0.234 e. The van der Waals surface area contributed by atoms with Crippen LogP contribution < -0.4 is 10.2 Å². The second-order valence-corrected chi connectivity index (χ2v) is 10.3. The largest absolute Gasteiger partial charge is 0.368 e. The summed E-state index contributed by atoms with van der Waals surface area (Å²) in [4.78, 5) is 33.6. The molecule has 0 saturated carbocycles. The molecule has 0 atom stereocenters. The third kappa shape index (κ3) is 6.72. The minimum atomic E-state index is -0.0748. The van der Waals surface area contributed by atoms with Gasteiger partial charge in [-0.2, -0.15) is 0 Å². The number of benzene rings is 2. The minimum Gasteiger partial charge on any atom is -0.368 e. The average molecular weight is 501 g/mol. The molecule has 2 aromatic carbocycles. The van der Waals surface area contributed by atoms with Crippen molar-refractivity contribution < 1.29 is 9.59 Å². The summed E-state index contributed by atoms with van der Waals surface area (Å²) in [5.74, 6) is 0.286. The van der Waals surface area contributed by atoms with E-state index in [9.17, 15) is 9.59 Å². The lowest BCUT2D eigenvalue weighted by Gasteiger charge is -2.36. The lowest BCUT2D eigenvalue weighted by atomic mass is 10.2. The van der Waals surface area contributed by atoms with E-state index in [1.54, 1.807) is 0 Å². The molecule has 0 bridgehead atoms.